The van der Waals surface area contributed by atoms with E-state index in [2.05, 4.69) is 0 Å². The fraction of sp³-hybridized carbons (Fsp3) is 0.143. The average Bonchev–Trinajstić information content (AvgIpc) is 3.08. The van der Waals surface area contributed by atoms with Crippen LogP contribution in [0.4, 0.5) is 0 Å². The van der Waals surface area contributed by atoms with Gasteiger partial charge in [0.2, 0.25) is 0 Å². The van der Waals surface area contributed by atoms with Crippen LogP contribution in [0.3, 0.4) is 0 Å². The van der Waals surface area contributed by atoms with Gasteiger partial charge in [0.05, 0.1) is 0 Å². The lowest BCUT2D eigenvalue weighted by atomic mass is 10.2. The number of rotatable bonds is 0. The van der Waals surface area contributed by atoms with E-state index in [0.29, 0.717) is 11.5 Å². The summed E-state index contributed by atoms with van der Waals surface area (Å²) >= 11 is 0. The predicted molar refractivity (Wildman–Crippen MR) is 60.4 cm³/mol. The van der Waals surface area contributed by atoms with Crippen molar-refractivity contribution in [1.82, 2.24) is 0 Å². The first-order chi connectivity index (χ1) is 8.83. The lowest BCUT2D eigenvalue weighted by Gasteiger charge is -2.17. The van der Waals surface area contributed by atoms with Crippen LogP contribution in [0.2, 0.25) is 0 Å². The zero-order valence-corrected chi connectivity index (χ0v) is 9.30. The molecule has 88 valence electrons. The molecule has 1 fully saturated rings. The van der Waals surface area contributed by atoms with Crippen LogP contribution in [-0.2, 0) is 9.47 Å². The van der Waals surface area contributed by atoms with Crippen molar-refractivity contribution in [3.63, 3.8) is 0 Å². The van der Waals surface area contributed by atoms with E-state index in [4.69, 9.17) is 18.9 Å². The van der Waals surface area contributed by atoms with Crippen LogP contribution in [0, 0.1) is 0 Å². The Labute approximate surface area is 103 Å². The van der Waals surface area contributed by atoms with Crippen molar-refractivity contribution in [3.05, 3.63) is 59.1 Å². The highest BCUT2D eigenvalue weighted by Gasteiger charge is 2.58. The largest absolute Gasteiger partial charge is 0.611 e. The Morgan fingerprint density at radius 1 is 0.778 bits per heavy atom. The first-order valence-electron chi connectivity index (χ1n) is 5.83. The highest BCUT2D eigenvalue weighted by Crippen LogP contribution is 2.52. The summed E-state index contributed by atoms with van der Waals surface area (Å²) < 4.78 is 22.8. The van der Waals surface area contributed by atoms with Crippen molar-refractivity contribution >= 4 is 0 Å². The topological polar surface area (TPSA) is 36.9 Å². The zero-order valence-electron chi connectivity index (χ0n) is 9.30. The number of hydrogen-bond donors (Lipinski definition) is 0. The highest BCUT2D eigenvalue weighted by atomic mass is 17.0. The molecule has 2 heterocycles. The van der Waals surface area contributed by atoms with Crippen LogP contribution in [-0.4, -0.2) is 6.16 Å². The van der Waals surface area contributed by atoms with E-state index in [0.717, 1.165) is 29.1 Å². The second-order valence-corrected chi connectivity index (χ2v) is 4.57. The van der Waals surface area contributed by atoms with Crippen LogP contribution in [0.25, 0.3) is 0 Å². The Balaban J connectivity index is 1.59. The van der Waals surface area contributed by atoms with Crippen LogP contribution in [0.5, 0.6) is 11.5 Å². The molecule has 0 amide bonds. The predicted octanol–water partition coefficient (Wildman–Crippen LogP) is 2.60. The van der Waals surface area contributed by atoms with Gasteiger partial charge in [-0.15, -0.1) is 0 Å². The summed E-state index contributed by atoms with van der Waals surface area (Å²) in [5.41, 5.74) is 2.25. The Hall–Kier alpha value is -2.36. The fourth-order valence-corrected chi connectivity index (χ4v) is 2.61. The van der Waals surface area contributed by atoms with Crippen molar-refractivity contribution in [1.29, 1.82) is 0 Å². The lowest BCUT2D eigenvalue weighted by Crippen LogP contribution is -2.39. The van der Waals surface area contributed by atoms with E-state index in [-0.39, 0.29) is 0 Å². The zero-order chi connectivity index (χ0) is 11.7. The third kappa shape index (κ3) is 0.884. The van der Waals surface area contributed by atoms with Crippen molar-refractivity contribution in [2.45, 2.75) is 12.6 Å². The molecule has 4 heteroatoms. The van der Waals surface area contributed by atoms with Gasteiger partial charge < -0.3 is 18.9 Å². The Morgan fingerprint density at radius 3 is 1.89 bits per heavy atom. The normalized spacial score (nSPS) is 23.8. The Morgan fingerprint density at radius 2 is 1.33 bits per heavy atom. The van der Waals surface area contributed by atoms with Gasteiger partial charge in [0.25, 0.3) is 0 Å². The SMILES string of the molecule is C1=CC2=C3OC4(OC3=C1C2)Oc1ccccc1O4. The molecule has 0 radical (unpaired) electrons. The number of allylic oxidation sites excluding steroid dienone is 4. The van der Waals surface area contributed by atoms with Gasteiger partial charge in [-0.2, -0.15) is 0 Å². The van der Waals surface area contributed by atoms with Gasteiger partial charge in [0, 0.05) is 17.6 Å². The number of fused-ring (bicyclic) bond motifs is 4. The van der Waals surface area contributed by atoms with Crippen LogP contribution < -0.4 is 9.47 Å². The van der Waals surface area contributed by atoms with Gasteiger partial charge in [-0.25, -0.2) is 0 Å². The average molecular weight is 240 g/mol. The smallest absolute Gasteiger partial charge is 0.382 e. The fourth-order valence-electron chi connectivity index (χ4n) is 2.61. The van der Waals surface area contributed by atoms with E-state index in [1.807, 2.05) is 36.4 Å². The van der Waals surface area contributed by atoms with Crippen molar-refractivity contribution in [3.8, 4) is 11.5 Å². The molecule has 1 aromatic carbocycles. The second kappa shape index (κ2) is 2.56. The molecule has 2 bridgehead atoms. The van der Waals surface area contributed by atoms with Gasteiger partial charge >= 0.3 is 6.16 Å². The molecule has 1 spiro atoms. The molecule has 0 atom stereocenters. The second-order valence-electron chi connectivity index (χ2n) is 4.57. The molecule has 5 rings (SSSR count). The first-order valence-corrected chi connectivity index (χ1v) is 5.83. The van der Waals surface area contributed by atoms with Crippen LogP contribution >= 0.6 is 0 Å². The molecule has 1 saturated heterocycles. The molecule has 4 nitrogen and oxygen atoms in total. The quantitative estimate of drug-likeness (QED) is 0.698. The van der Waals surface area contributed by atoms with Crippen LogP contribution in [0.15, 0.2) is 59.1 Å². The molecule has 0 saturated carbocycles. The standard InChI is InChI=1S/C14H8O4/c1-2-4-11-10(3-1)15-14(16-11)17-12-8-5-6-9(7-8)13(12)18-14/h1-6H,7H2. The number of para-hydroxylation sites is 2. The molecule has 1 aromatic rings. The van der Waals surface area contributed by atoms with E-state index in [9.17, 15) is 0 Å². The highest BCUT2D eigenvalue weighted by molar-refractivity contribution is 5.57. The summed E-state index contributed by atoms with van der Waals surface area (Å²) in [6, 6.07) is 7.42. The molecular formula is C14H8O4. The lowest BCUT2D eigenvalue weighted by molar-refractivity contribution is -0.367. The van der Waals surface area contributed by atoms with E-state index >= 15 is 0 Å². The first kappa shape index (κ1) is 8.69. The van der Waals surface area contributed by atoms with E-state index < -0.39 is 6.16 Å². The Kier molecular flexibility index (Phi) is 1.23. The maximum atomic E-state index is 5.75. The van der Waals surface area contributed by atoms with Crippen molar-refractivity contribution < 1.29 is 18.9 Å². The minimum Gasteiger partial charge on any atom is -0.382 e. The summed E-state index contributed by atoms with van der Waals surface area (Å²) in [5.74, 6) is 2.77. The van der Waals surface area contributed by atoms with Crippen molar-refractivity contribution in [2.75, 3.05) is 0 Å². The van der Waals surface area contributed by atoms with Gasteiger partial charge in [-0.3, -0.25) is 0 Å². The number of ether oxygens (including phenoxy) is 4. The molecule has 2 aliphatic heterocycles. The van der Waals surface area contributed by atoms with Gasteiger partial charge in [0.15, 0.2) is 23.0 Å². The summed E-state index contributed by atoms with van der Waals surface area (Å²) in [5, 5.41) is 0. The molecule has 2 aliphatic carbocycles. The van der Waals surface area contributed by atoms with Crippen molar-refractivity contribution in [2.24, 2.45) is 0 Å². The maximum Gasteiger partial charge on any atom is 0.611 e. The minimum atomic E-state index is -1.46. The van der Waals surface area contributed by atoms with Gasteiger partial charge in [-0.05, 0) is 12.1 Å². The summed E-state index contributed by atoms with van der Waals surface area (Å²) in [6.07, 6.45) is 3.50. The molecule has 0 unspecified atom stereocenters. The monoisotopic (exact) mass is 240 g/mol. The summed E-state index contributed by atoms with van der Waals surface area (Å²) in [4.78, 5) is 0. The number of hydrogen-bond acceptors (Lipinski definition) is 4. The molecule has 0 aromatic heterocycles. The molecule has 4 aliphatic rings. The third-order valence-electron chi connectivity index (χ3n) is 3.43. The maximum absolute atomic E-state index is 5.75. The summed E-state index contributed by atoms with van der Waals surface area (Å²) in [6.45, 7) is 0. The third-order valence-corrected chi connectivity index (χ3v) is 3.43. The van der Waals surface area contributed by atoms with Gasteiger partial charge in [-0.1, -0.05) is 24.3 Å². The molecular weight excluding hydrogens is 232 g/mol. The van der Waals surface area contributed by atoms with Gasteiger partial charge in [0.1, 0.15) is 0 Å². The van der Waals surface area contributed by atoms with Crippen LogP contribution in [0.1, 0.15) is 6.42 Å². The molecule has 0 N–H and O–H groups in total. The van der Waals surface area contributed by atoms with E-state index in [1.54, 1.807) is 0 Å². The Bertz CT molecular complexity index is 624. The van der Waals surface area contributed by atoms with E-state index in [1.165, 1.54) is 0 Å². The minimum absolute atomic E-state index is 0.633. The number of benzene rings is 1. The summed E-state index contributed by atoms with van der Waals surface area (Å²) in [7, 11) is 0. The molecule has 18 heavy (non-hydrogen) atoms.